The highest BCUT2D eigenvalue weighted by Crippen LogP contribution is 2.21. The van der Waals surface area contributed by atoms with E-state index in [-0.39, 0.29) is 31.7 Å². The summed E-state index contributed by atoms with van der Waals surface area (Å²) in [5, 5.41) is 2.57. The molecule has 0 aliphatic carbocycles. The molecule has 0 bridgehead atoms. The van der Waals surface area contributed by atoms with Crippen LogP contribution in [0.5, 0.6) is 0 Å². The summed E-state index contributed by atoms with van der Waals surface area (Å²) in [4.78, 5) is 40.0. The van der Waals surface area contributed by atoms with Gasteiger partial charge in [-0.25, -0.2) is 13.2 Å². The minimum Gasteiger partial charge on any atom is -0.335 e. The van der Waals surface area contributed by atoms with Crippen molar-refractivity contribution in [1.82, 2.24) is 9.80 Å². The maximum Gasteiger partial charge on any atom is 0.313 e. The van der Waals surface area contributed by atoms with Gasteiger partial charge in [-0.1, -0.05) is 42.5 Å². The highest BCUT2D eigenvalue weighted by atomic mass is 19.2. The van der Waals surface area contributed by atoms with Crippen LogP contribution >= 0.6 is 0 Å². The van der Waals surface area contributed by atoms with Gasteiger partial charge < -0.3 is 15.1 Å². The van der Waals surface area contributed by atoms with Gasteiger partial charge in [-0.2, -0.15) is 0 Å². The Hall–Kier alpha value is -4.14. The fraction of sp³-hybridized carbons (Fsp3) is 0.160. The SMILES string of the molecule is O=C(Nc1ccc(-c2ccccc2)cc1)C(=O)N1CCN(C(=O)c2cc(F)c(F)c(F)c2)CC1. The van der Waals surface area contributed by atoms with Crippen LogP contribution in [-0.4, -0.2) is 53.7 Å². The number of benzene rings is 3. The van der Waals surface area contributed by atoms with E-state index in [0.717, 1.165) is 11.1 Å². The summed E-state index contributed by atoms with van der Waals surface area (Å²) in [7, 11) is 0. The summed E-state index contributed by atoms with van der Waals surface area (Å²) in [6.07, 6.45) is 0. The number of amides is 3. The third-order valence-corrected chi connectivity index (χ3v) is 5.53. The van der Waals surface area contributed by atoms with Gasteiger partial charge >= 0.3 is 11.8 Å². The van der Waals surface area contributed by atoms with E-state index in [1.165, 1.54) is 9.80 Å². The molecule has 3 aromatic carbocycles. The summed E-state index contributed by atoms with van der Waals surface area (Å²) < 4.78 is 40.0. The normalized spacial score (nSPS) is 13.5. The standard InChI is InChI=1S/C25H20F3N3O3/c26-20-14-18(15-21(27)22(20)28)24(33)30-10-12-31(13-11-30)25(34)23(32)29-19-8-6-17(7-9-19)16-4-2-1-3-5-16/h1-9,14-15H,10-13H2,(H,29,32). The molecule has 0 aromatic heterocycles. The topological polar surface area (TPSA) is 69.7 Å². The molecule has 1 aliphatic heterocycles. The maximum absolute atomic E-state index is 13.4. The van der Waals surface area contributed by atoms with Crippen LogP contribution < -0.4 is 5.32 Å². The van der Waals surface area contributed by atoms with Crippen molar-refractivity contribution in [3.8, 4) is 11.1 Å². The van der Waals surface area contributed by atoms with Crippen molar-refractivity contribution in [3.05, 3.63) is 89.7 Å². The number of piperazine rings is 1. The summed E-state index contributed by atoms with van der Waals surface area (Å²) in [5.41, 5.74) is 2.13. The van der Waals surface area contributed by atoms with Crippen molar-refractivity contribution in [1.29, 1.82) is 0 Å². The van der Waals surface area contributed by atoms with Crippen LogP contribution in [-0.2, 0) is 9.59 Å². The Morgan fingerprint density at radius 3 is 1.82 bits per heavy atom. The monoisotopic (exact) mass is 467 g/mol. The minimum atomic E-state index is -1.65. The lowest BCUT2D eigenvalue weighted by Gasteiger charge is -2.34. The summed E-state index contributed by atoms with van der Waals surface area (Å²) >= 11 is 0. The van der Waals surface area contributed by atoms with Crippen molar-refractivity contribution >= 4 is 23.4 Å². The van der Waals surface area contributed by atoms with Gasteiger partial charge in [-0.05, 0) is 35.4 Å². The second kappa shape index (κ2) is 9.78. The fourth-order valence-electron chi connectivity index (χ4n) is 3.68. The first-order valence-electron chi connectivity index (χ1n) is 10.5. The van der Waals surface area contributed by atoms with Crippen LogP contribution in [0, 0.1) is 17.5 Å². The molecule has 9 heteroatoms. The zero-order valence-corrected chi connectivity index (χ0v) is 17.9. The van der Waals surface area contributed by atoms with Gasteiger partial charge in [0.1, 0.15) is 0 Å². The molecule has 0 saturated carbocycles. The van der Waals surface area contributed by atoms with Crippen molar-refractivity contribution in [2.24, 2.45) is 0 Å². The van der Waals surface area contributed by atoms with Gasteiger partial charge in [0.05, 0.1) is 0 Å². The average Bonchev–Trinajstić information content (AvgIpc) is 2.87. The summed E-state index contributed by atoms with van der Waals surface area (Å²) in [6, 6.07) is 18.0. The number of carbonyl (C=O) groups is 3. The van der Waals surface area contributed by atoms with Gasteiger partial charge in [0.2, 0.25) is 0 Å². The molecule has 1 saturated heterocycles. The maximum atomic E-state index is 13.4. The highest BCUT2D eigenvalue weighted by Gasteiger charge is 2.29. The van der Waals surface area contributed by atoms with Crippen molar-refractivity contribution in [3.63, 3.8) is 0 Å². The number of hydrogen-bond acceptors (Lipinski definition) is 3. The number of halogens is 3. The van der Waals surface area contributed by atoms with E-state index in [0.29, 0.717) is 17.8 Å². The number of nitrogens with one attached hydrogen (secondary N) is 1. The first-order chi connectivity index (χ1) is 16.3. The van der Waals surface area contributed by atoms with Gasteiger partial charge in [-0.3, -0.25) is 14.4 Å². The van der Waals surface area contributed by atoms with Gasteiger partial charge in [0.15, 0.2) is 17.5 Å². The van der Waals surface area contributed by atoms with E-state index in [2.05, 4.69) is 5.32 Å². The molecule has 1 aliphatic rings. The molecular weight excluding hydrogens is 447 g/mol. The van der Waals surface area contributed by atoms with E-state index in [1.807, 2.05) is 42.5 Å². The third kappa shape index (κ3) is 4.93. The van der Waals surface area contributed by atoms with Crippen molar-refractivity contribution in [2.45, 2.75) is 0 Å². The Labute approximate surface area is 193 Å². The molecule has 1 heterocycles. The Bertz CT molecular complexity index is 1200. The van der Waals surface area contributed by atoms with Gasteiger partial charge in [-0.15, -0.1) is 0 Å². The summed E-state index contributed by atoms with van der Waals surface area (Å²) in [5.74, 6) is -6.80. The van der Waals surface area contributed by atoms with Crippen LogP contribution in [0.15, 0.2) is 66.7 Å². The Morgan fingerprint density at radius 1 is 0.706 bits per heavy atom. The van der Waals surface area contributed by atoms with Gasteiger partial charge in [0.25, 0.3) is 5.91 Å². The van der Waals surface area contributed by atoms with Crippen LogP contribution in [0.1, 0.15) is 10.4 Å². The molecule has 6 nitrogen and oxygen atoms in total. The van der Waals surface area contributed by atoms with Crippen molar-refractivity contribution < 1.29 is 27.6 Å². The molecule has 3 amide bonds. The van der Waals surface area contributed by atoms with E-state index in [9.17, 15) is 27.6 Å². The van der Waals surface area contributed by atoms with Crippen LogP contribution in [0.2, 0.25) is 0 Å². The molecule has 0 radical (unpaired) electrons. The Kier molecular flexibility index (Phi) is 6.62. The smallest absolute Gasteiger partial charge is 0.313 e. The molecule has 0 unspecified atom stereocenters. The molecule has 0 atom stereocenters. The molecular formula is C25H20F3N3O3. The molecule has 1 N–H and O–H groups in total. The zero-order chi connectivity index (χ0) is 24.2. The molecule has 1 fully saturated rings. The van der Waals surface area contributed by atoms with Crippen molar-refractivity contribution in [2.75, 3.05) is 31.5 Å². The number of nitrogens with zero attached hydrogens (tertiary/aromatic N) is 2. The van der Waals surface area contributed by atoms with E-state index >= 15 is 0 Å². The molecule has 174 valence electrons. The number of carbonyl (C=O) groups excluding carboxylic acids is 3. The molecule has 34 heavy (non-hydrogen) atoms. The fourth-order valence-corrected chi connectivity index (χ4v) is 3.68. The number of hydrogen-bond donors (Lipinski definition) is 1. The first-order valence-corrected chi connectivity index (χ1v) is 10.5. The lowest BCUT2D eigenvalue weighted by Crippen LogP contribution is -2.53. The predicted molar refractivity (Wildman–Crippen MR) is 119 cm³/mol. The second-order valence-electron chi connectivity index (χ2n) is 7.74. The quantitative estimate of drug-likeness (QED) is 0.472. The van der Waals surface area contributed by atoms with Gasteiger partial charge in [0, 0.05) is 37.4 Å². The van der Waals surface area contributed by atoms with Crippen LogP contribution in [0.25, 0.3) is 11.1 Å². The predicted octanol–water partition coefficient (Wildman–Crippen LogP) is 3.69. The largest absolute Gasteiger partial charge is 0.335 e. The first kappa shape index (κ1) is 23.0. The highest BCUT2D eigenvalue weighted by molar-refractivity contribution is 6.39. The number of anilines is 1. The lowest BCUT2D eigenvalue weighted by molar-refractivity contribution is -0.144. The van der Waals surface area contributed by atoms with Crippen LogP contribution in [0.4, 0.5) is 18.9 Å². The summed E-state index contributed by atoms with van der Waals surface area (Å²) in [6.45, 7) is 0.253. The Balaban J connectivity index is 1.32. The molecule has 0 spiro atoms. The van der Waals surface area contributed by atoms with E-state index in [1.54, 1.807) is 12.1 Å². The molecule has 4 rings (SSSR count). The minimum absolute atomic E-state index is 0.0598. The second-order valence-corrected chi connectivity index (χ2v) is 7.74. The van der Waals surface area contributed by atoms with E-state index < -0.39 is 35.2 Å². The zero-order valence-electron chi connectivity index (χ0n) is 17.9. The number of rotatable bonds is 3. The molecule has 3 aromatic rings. The lowest BCUT2D eigenvalue weighted by atomic mass is 10.1. The van der Waals surface area contributed by atoms with E-state index in [4.69, 9.17) is 0 Å². The Morgan fingerprint density at radius 2 is 1.24 bits per heavy atom. The van der Waals surface area contributed by atoms with Crippen LogP contribution in [0.3, 0.4) is 0 Å². The average molecular weight is 467 g/mol. The third-order valence-electron chi connectivity index (χ3n) is 5.53.